The Labute approximate surface area is 124 Å². The van der Waals surface area contributed by atoms with Gasteiger partial charge in [0, 0.05) is 18.7 Å². The lowest BCUT2D eigenvalue weighted by molar-refractivity contribution is -0.119. The van der Waals surface area contributed by atoms with Crippen LogP contribution in [0.4, 0.5) is 5.82 Å². The molecule has 2 aromatic heterocycles. The number of carbonyl (C=O) groups is 2. The molecular formula is C13H14N4O5. The molecule has 0 aliphatic rings. The Bertz CT molecular complexity index is 707. The summed E-state index contributed by atoms with van der Waals surface area (Å²) in [5.41, 5.74) is -0.343. The first kappa shape index (κ1) is 15.4. The van der Waals surface area contributed by atoms with Crippen molar-refractivity contribution in [2.75, 3.05) is 11.9 Å². The molecular weight excluding hydrogens is 292 g/mol. The first-order valence-corrected chi connectivity index (χ1v) is 6.55. The molecule has 0 aliphatic heterocycles. The van der Waals surface area contributed by atoms with Crippen molar-refractivity contribution < 1.29 is 18.8 Å². The Kier molecular flexibility index (Phi) is 5.02. The van der Waals surface area contributed by atoms with Gasteiger partial charge in [-0.2, -0.15) is 5.10 Å². The summed E-state index contributed by atoms with van der Waals surface area (Å²) in [5, 5.41) is 9.74. The summed E-state index contributed by atoms with van der Waals surface area (Å²) in [5.74, 6) is -1.14. The van der Waals surface area contributed by atoms with E-state index in [2.05, 4.69) is 20.1 Å². The van der Waals surface area contributed by atoms with Gasteiger partial charge in [0.1, 0.15) is 6.26 Å². The second-order valence-electron chi connectivity index (χ2n) is 4.29. The van der Waals surface area contributed by atoms with Gasteiger partial charge in [0.05, 0.1) is 0 Å². The molecule has 0 bridgehead atoms. The second-order valence-corrected chi connectivity index (χ2v) is 4.29. The molecule has 116 valence electrons. The number of nitrogens with one attached hydrogen (secondary N) is 1. The maximum Gasteiger partial charge on any atom is 0.359 e. The molecule has 9 nitrogen and oxygen atoms in total. The minimum atomic E-state index is -0.792. The number of hydrogen-bond acceptors (Lipinski definition) is 7. The third-order valence-corrected chi connectivity index (χ3v) is 2.55. The maximum absolute atomic E-state index is 11.8. The maximum atomic E-state index is 11.8. The largest absolute Gasteiger partial charge is 0.451 e. The van der Waals surface area contributed by atoms with E-state index in [0.717, 1.165) is 0 Å². The van der Waals surface area contributed by atoms with Gasteiger partial charge in [-0.3, -0.25) is 9.59 Å². The van der Waals surface area contributed by atoms with E-state index < -0.39 is 18.5 Å². The monoisotopic (exact) mass is 306 g/mol. The van der Waals surface area contributed by atoms with E-state index in [1.165, 1.54) is 29.1 Å². The minimum absolute atomic E-state index is 0.0395. The molecule has 0 fully saturated rings. The third kappa shape index (κ3) is 4.01. The lowest BCUT2D eigenvalue weighted by atomic mass is 10.4. The van der Waals surface area contributed by atoms with Crippen molar-refractivity contribution >= 4 is 17.7 Å². The molecule has 1 amide bonds. The molecule has 0 radical (unpaired) electrons. The number of aryl methyl sites for hydroxylation is 1. The molecule has 2 heterocycles. The Morgan fingerprint density at radius 2 is 2.18 bits per heavy atom. The van der Waals surface area contributed by atoms with Gasteiger partial charge in [0.2, 0.25) is 0 Å². The molecule has 9 heteroatoms. The van der Waals surface area contributed by atoms with Crippen molar-refractivity contribution in [1.29, 1.82) is 0 Å². The van der Waals surface area contributed by atoms with E-state index in [4.69, 9.17) is 4.74 Å². The summed E-state index contributed by atoms with van der Waals surface area (Å²) in [6.45, 7) is 1.78. The highest BCUT2D eigenvalue weighted by Gasteiger charge is 2.13. The number of ether oxygens (including phenoxy) is 1. The molecule has 0 unspecified atom stereocenters. The Morgan fingerprint density at radius 3 is 2.86 bits per heavy atom. The average Bonchev–Trinajstić information content (AvgIpc) is 3.00. The number of rotatable bonds is 6. The van der Waals surface area contributed by atoms with E-state index in [1.807, 2.05) is 6.92 Å². The number of esters is 1. The second kappa shape index (κ2) is 7.16. The highest BCUT2D eigenvalue weighted by molar-refractivity contribution is 5.94. The van der Waals surface area contributed by atoms with Crippen molar-refractivity contribution in [2.45, 2.75) is 19.9 Å². The van der Waals surface area contributed by atoms with Gasteiger partial charge in [0.15, 0.2) is 18.1 Å². The minimum Gasteiger partial charge on any atom is -0.451 e. The SMILES string of the molecule is CCCn1nc(C(=O)OCC(=O)Nc2ccon2)ccc1=O. The fraction of sp³-hybridized carbons (Fsp3) is 0.308. The van der Waals surface area contributed by atoms with Gasteiger partial charge >= 0.3 is 5.97 Å². The first-order chi connectivity index (χ1) is 10.6. The smallest absolute Gasteiger partial charge is 0.359 e. The van der Waals surface area contributed by atoms with Gasteiger partial charge in [-0.15, -0.1) is 0 Å². The molecule has 0 aliphatic carbocycles. The van der Waals surface area contributed by atoms with Gasteiger partial charge in [0.25, 0.3) is 11.5 Å². The zero-order valence-electron chi connectivity index (χ0n) is 11.8. The van der Waals surface area contributed by atoms with Crippen molar-refractivity contribution in [3.63, 3.8) is 0 Å². The fourth-order valence-electron chi connectivity index (χ4n) is 1.59. The first-order valence-electron chi connectivity index (χ1n) is 6.55. The van der Waals surface area contributed by atoms with Crippen molar-refractivity contribution in [3.8, 4) is 0 Å². The summed E-state index contributed by atoms with van der Waals surface area (Å²) in [6.07, 6.45) is 1.99. The van der Waals surface area contributed by atoms with E-state index >= 15 is 0 Å². The van der Waals surface area contributed by atoms with Crippen molar-refractivity contribution in [2.24, 2.45) is 0 Å². The Morgan fingerprint density at radius 1 is 1.36 bits per heavy atom. The normalized spacial score (nSPS) is 10.2. The predicted molar refractivity (Wildman–Crippen MR) is 74.2 cm³/mol. The van der Waals surface area contributed by atoms with Gasteiger partial charge in [-0.1, -0.05) is 12.1 Å². The van der Waals surface area contributed by atoms with Crippen LogP contribution >= 0.6 is 0 Å². The number of hydrogen-bond donors (Lipinski definition) is 1. The van der Waals surface area contributed by atoms with E-state index in [9.17, 15) is 14.4 Å². The summed E-state index contributed by atoms with van der Waals surface area (Å²) in [4.78, 5) is 34.8. The topological polar surface area (TPSA) is 116 Å². The van der Waals surface area contributed by atoms with Gasteiger partial charge < -0.3 is 14.6 Å². The lowest BCUT2D eigenvalue weighted by Crippen LogP contribution is -2.26. The summed E-state index contributed by atoms with van der Waals surface area (Å²) >= 11 is 0. The standard InChI is InChI=1S/C13H14N4O5/c1-2-6-17-12(19)4-3-9(15-17)13(20)21-8-11(18)14-10-5-7-22-16-10/h3-5,7H,2,6,8H2,1H3,(H,14,16,18). The number of nitrogens with zero attached hydrogens (tertiary/aromatic N) is 3. The molecule has 0 atom stereocenters. The summed E-state index contributed by atoms with van der Waals surface area (Å²) in [6, 6.07) is 3.93. The van der Waals surface area contributed by atoms with Crippen LogP contribution in [-0.4, -0.2) is 33.4 Å². The van der Waals surface area contributed by atoms with Crippen LogP contribution in [-0.2, 0) is 16.1 Å². The highest BCUT2D eigenvalue weighted by atomic mass is 16.5. The van der Waals surface area contributed by atoms with Crippen molar-refractivity contribution in [1.82, 2.24) is 14.9 Å². The van der Waals surface area contributed by atoms with Crippen LogP contribution in [0.5, 0.6) is 0 Å². The predicted octanol–water partition coefficient (Wildman–Crippen LogP) is 0.437. The highest BCUT2D eigenvalue weighted by Crippen LogP contribution is 2.01. The number of amides is 1. The summed E-state index contributed by atoms with van der Waals surface area (Å²) < 4.78 is 10.5. The average molecular weight is 306 g/mol. The quantitative estimate of drug-likeness (QED) is 0.769. The molecule has 22 heavy (non-hydrogen) atoms. The third-order valence-electron chi connectivity index (χ3n) is 2.55. The molecule has 2 aromatic rings. The van der Waals surface area contributed by atoms with Crippen molar-refractivity contribution in [3.05, 3.63) is 40.5 Å². The van der Waals surface area contributed by atoms with E-state index in [0.29, 0.717) is 13.0 Å². The van der Waals surface area contributed by atoms with Crippen LogP contribution in [0.15, 0.2) is 33.8 Å². The zero-order valence-corrected chi connectivity index (χ0v) is 11.8. The van der Waals surface area contributed by atoms with Crippen LogP contribution in [0, 0.1) is 0 Å². The molecule has 0 saturated heterocycles. The van der Waals surface area contributed by atoms with Gasteiger partial charge in [-0.25, -0.2) is 9.48 Å². The zero-order chi connectivity index (χ0) is 15.9. The summed E-state index contributed by atoms with van der Waals surface area (Å²) in [7, 11) is 0. The van der Waals surface area contributed by atoms with E-state index in [-0.39, 0.29) is 17.1 Å². The molecule has 0 aromatic carbocycles. The van der Waals surface area contributed by atoms with Crippen LogP contribution in [0.1, 0.15) is 23.8 Å². The van der Waals surface area contributed by atoms with E-state index in [1.54, 1.807) is 0 Å². The van der Waals surface area contributed by atoms with Gasteiger partial charge in [-0.05, 0) is 12.5 Å². The lowest BCUT2D eigenvalue weighted by Gasteiger charge is -2.06. The molecule has 2 rings (SSSR count). The Hall–Kier alpha value is -2.97. The van der Waals surface area contributed by atoms with Crippen LogP contribution in [0.3, 0.4) is 0 Å². The molecule has 0 spiro atoms. The Balaban J connectivity index is 1.93. The number of anilines is 1. The fourth-order valence-corrected chi connectivity index (χ4v) is 1.59. The van der Waals surface area contributed by atoms with Crippen LogP contribution < -0.4 is 10.9 Å². The molecule has 1 N–H and O–H groups in total. The number of aromatic nitrogens is 3. The number of carbonyl (C=O) groups excluding carboxylic acids is 2. The van der Waals surface area contributed by atoms with Crippen LogP contribution in [0.25, 0.3) is 0 Å². The molecule has 0 saturated carbocycles. The van der Waals surface area contributed by atoms with Crippen LogP contribution in [0.2, 0.25) is 0 Å².